The number of carbonyl (C=O) groups is 2. The molecule has 6 nitrogen and oxygen atoms in total. The van der Waals surface area contributed by atoms with Gasteiger partial charge in [0.2, 0.25) is 0 Å². The quantitative estimate of drug-likeness (QED) is 0.297. The second-order valence-electron chi connectivity index (χ2n) is 7.40. The molecule has 148 valence electrons. The van der Waals surface area contributed by atoms with E-state index in [0.29, 0.717) is 11.3 Å². The summed E-state index contributed by atoms with van der Waals surface area (Å²) in [5.74, 6) is 0.0634. The van der Waals surface area contributed by atoms with Crippen molar-refractivity contribution in [2.45, 2.75) is 26.4 Å². The predicted octanol–water partition coefficient (Wildman–Crippen LogP) is 4.92. The number of hydrazone groups is 1. The first-order chi connectivity index (χ1) is 13.8. The van der Waals surface area contributed by atoms with Crippen molar-refractivity contribution in [2.24, 2.45) is 5.10 Å². The van der Waals surface area contributed by atoms with Gasteiger partial charge in [-0.2, -0.15) is 5.10 Å². The fourth-order valence-electron chi connectivity index (χ4n) is 2.55. The number of hydrogen-bond acceptors (Lipinski definition) is 5. The van der Waals surface area contributed by atoms with Crippen LogP contribution in [0, 0.1) is 0 Å². The van der Waals surface area contributed by atoms with E-state index in [0.717, 1.165) is 16.3 Å². The van der Waals surface area contributed by atoms with Gasteiger partial charge < -0.3 is 9.47 Å². The monoisotopic (exact) mass is 390 g/mol. The first kappa shape index (κ1) is 20.1. The van der Waals surface area contributed by atoms with Crippen LogP contribution in [0.4, 0.5) is 4.79 Å². The molecule has 0 saturated carbocycles. The molecule has 6 heteroatoms. The van der Waals surface area contributed by atoms with Crippen LogP contribution in [0.1, 0.15) is 36.7 Å². The highest BCUT2D eigenvalue weighted by Crippen LogP contribution is 2.16. The summed E-state index contributed by atoms with van der Waals surface area (Å²) >= 11 is 0. The second-order valence-corrected chi connectivity index (χ2v) is 7.40. The number of ether oxygens (including phenoxy) is 2. The van der Waals surface area contributed by atoms with Crippen molar-refractivity contribution in [3.05, 3.63) is 77.9 Å². The van der Waals surface area contributed by atoms with Crippen LogP contribution >= 0.6 is 0 Å². The van der Waals surface area contributed by atoms with E-state index in [1.165, 1.54) is 6.21 Å². The summed E-state index contributed by atoms with van der Waals surface area (Å²) in [6.45, 7) is 5.29. The molecule has 0 heterocycles. The van der Waals surface area contributed by atoms with Crippen molar-refractivity contribution in [3.8, 4) is 5.75 Å². The Bertz CT molecular complexity index is 1050. The highest BCUT2D eigenvalue weighted by molar-refractivity contribution is 5.98. The van der Waals surface area contributed by atoms with E-state index in [2.05, 4.69) is 10.5 Å². The average molecular weight is 390 g/mol. The molecular weight excluding hydrogens is 368 g/mol. The third-order valence-electron chi connectivity index (χ3n) is 3.86. The van der Waals surface area contributed by atoms with E-state index in [4.69, 9.17) is 9.47 Å². The molecule has 3 aromatic carbocycles. The maximum absolute atomic E-state index is 12.3. The van der Waals surface area contributed by atoms with E-state index >= 15 is 0 Å². The van der Waals surface area contributed by atoms with Crippen molar-refractivity contribution in [2.75, 3.05) is 0 Å². The summed E-state index contributed by atoms with van der Waals surface area (Å²) in [6, 6.07) is 20.0. The fraction of sp³-hybridized carbons (Fsp3) is 0.174. The van der Waals surface area contributed by atoms with Gasteiger partial charge in [-0.3, -0.25) is 4.79 Å². The normalized spacial score (nSPS) is 11.4. The van der Waals surface area contributed by atoms with Crippen LogP contribution < -0.4 is 10.2 Å². The Morgan fingerprint density at radius 3 is 2.31 bits per heavy atom. The maximum atomic E-state index is 12.3. The number of amides is 1. The topological polar surface area (TPSA) is 77.0 Å². The van der Waals surface area contributed by atoms with Gasteiger partial charge in [-0.15, -0.1) is 0 Å². The largest absolute Gasteiger partial charge is 0.514 e. The number of nitrogens with zero attached hydrogens (tertiary/aromatic N) is 1. The Kier molecular flexibility index (Phi) is 5.93. The van der Waals surface area contributed by atoms with Gasteiger partial charge >= 0.3 is 6.16 Å². The Morgan fingerprint density at radius 1 is 0.931 bits per heavy atom. The highest BCUT2D eigenvalue weighted by Gasteiger charge is 2.17. The van der Waals surface area contributed by atoms with Crippen LogP contribution in [0.25, 0.3) is 10.8 Å². The number of nitrogens with one attached hydrogen (secondary N) is 1. The zero-order valence-electron chi connectivity index (χ0n) is 16.5. The van der Waals surface area contributed by atoms with Gasteiger partial charge in [0.15, 0.2) is 0 Å². The fourth-order valence-corrected chi connectivity index (χ4v) is 2.55. The molecule has 0 aliphatic heterocycles. The van der Waals surface area contributed by atoms with Crippen LogP contribution in [0.5, 0.6) is 5.75 Å². The summed E-state index contributed by atoms with van der Waals surface area (Å²) in [5, 5.41) is 6.04. The van der Waals surface area contributed by atoms with Crippen LogP contribution in [0.2, 0.25) is 0 Å². The van der Waals surface area contributed by atoms with E-state index in [1.54, 1.807) is 51.1 Å². The predicted molar refractivity (Wildman–Crippen MR) is 112 cm³/mol. The Balaban J connectivity index is 1.56. The summed E-state index contributed by atoms with van der Waals surface area (Å²) in [6.07, 6.45) is 0.748. The van der Waals surface area contributed by atoms with Crippen LogP contribution in [-0.4, -0.2) is 23.9 Å². The molecular formula is C23H22N2O4. The van der Waals surface area contributed by atoms with Crippen molar-refractivity contribution < 1.29 is 19.1 Å². The lowest BCUT2D eigenvalue weighted by molar-refractivity contribution is 0.0206. The Labute approximate surface area is 169 Å². The van der Waals surface area contributed by atoms with Crippen molar-refractivity contribution in [3.63, 3.8) is 0 Å². The summed E-state index contributed by atoms with van der Waals surface area (Å²) < 4.78 is 10.2. The van der Waals surface area contributed by atoms with Crippen molar-refractivity contribution >= 4 is 29.0 Å². The van der Waals surface area contributed by atoms with Crippen molar-refractivity contribution in [1.82, 2.24) is 5.43 Å². The minimum atomic E-state index is -0.762. The number of rotatable bonds is 4. The van der Waals surface area contributed by atoms with Gasteiger partial charge in [-0.05, 0) is 73.5 Å². The molecule has 0 bridgehead atoms. The zero-order chi connectivity index (χ0) is 20.9. The molecule has 0 radical (unpaired) electrons. The zero-order valence-corrected chi connectivity index (χ0v) is 16.5. The van der Waals surface area contributed by atoms with Gasteiger partial charge in [0, 0.05) is 5.56 Å². The van der Waals surface area contributed by atoms with E-state index < -0.39 is 11.8 Å². The van der Waals surface area contributed by atoms with Crippen LogP contribution in [-0.2, 0) is 4.74 Å². The van der Waals surface area contributed by atoms with Crippen molar-refractivity contribution in [1.29, 1.82) is 0 Å². The van der Waals surface area contributed by atoms with Gasteiger partial charge in [-0.1, -0.05) is 30.3 Å². The number of carbonyl (C=O) groups excluding carboxylic acids is 2. The smallest absolute Gasteiger partial charge is 0.428 e. The molecule has 0 fully saturated rings. The summed E-state index contributed by atoms with van der Waals surface area (Å²) in [5.41, 5.74) is 3.16. The molecule has 1 N–H and O–H groups in total. The lowest BCUT2D eigenvalue weighted by Crippen LogP contribution is -2.25. The molecule has 3 rings (SSSR count). The third-order valence-corrected chi connectivity index (χ3v) is 3.86. The second kappa shape index (κ2) is 8.56. The Morgan fingerprint density at radius 2 is 1.62 bits per heavy atom. The molecule has 0 saturated heterocycles. The minimum absolute atomic E-state index is 0.295. The van der Waals surface area contributed by atoms with Crippen LogP contribution in [0.3, 0.4) is 0 Å². The number of hydrogen-bond donors (Lipinski definition) is 1. The molecule has 3 aromatic rings. The first-order valence-corrected chi connectivity index (χ1v) is 9.13. The average Bonchev–Trinajstić information content (AvgIpc) is 2.67. The lowest BCUT2D eigenvalue weighted by Gasteiger charge is -2.18. The molecule has 0 unspecified atom stereocenters. The molecule has 0 aromatic heterocycles. The lowest BCUT2D eigenvalue weighted by atomic mass is 10.1. The molecule has 0 aliphatic carbocycles. The molecule has 0 atom stereocenters. The van der Waals surface area contributed by atoms with E-state index in [1.807, 2.05) is 36.4 Å². The van der Waals surface area contributed by atoms with E-state index in [-0.39, 0.29) is 5.91 Å². The standard InChI is InChI=1S/C23H22N2O4/c1-23(2,3)29-22(27)28-20-12-8-16(9-13-20)15-24-25-21(26)19-11-10-17-6-4-5-7-18(17)14-19/h4-15H,1-3H3,(H,25,26)/b24-15+. The molecule has 29 heavy (non-hydrogen) atoms. The van der Waals surface area contributed by atoms with E-state index in [9.17, 15) is 9.59 Å². The molecule has 0 aliphatic rings. The third kappa shape index (κ3) is 5.90. The number of fused-ring (bicyclic) bond motifs is 1. The minimum Gasteiger partial charge on any atom is -0.428 e. The maximum Gasteiger partial charge on any atom is 0.514 e. The number of benzene rings is 3. The summed E-state index contributed by atoms with van der Waals surface area (Å²) in [7, 11) is 0. The van der Waals surface area contributed by atoms with Gasteiger partial charge in [0.1, 0.15) is 11.4 Å². The Hall–Kier alpha value is -3.67. The van der Waals surface area contributed by atoms with Crippen LogP contribution in [0.15, 0.2) is 71.8 Å². The summed E-state index contributed by atoms with van der Waals surface area (Å²) in [4.78, 5) is 23.9. The molecule has 0 spiro atoms. The van der Waals surface area contributed by atoms with Gasteiger partial charge in [-0.25, -0.2) is 10.2 Å². The van der Waals surface area contributed by atoms with Gasteiger partial charge in [0.05, 0.1) is 6.21 Å². The SMILES string of the molecule is CC(C)(C)OC(=O)Oc1ccc(/C=N/NC(=O)c2ccc3ccccc3c2)cc1. The highest BCUT2D eigenvalue weighted by atomic mass is 16.7. The van der Waals surface area contributed by atoms with Gasteiger partial charge in [0.25, 0.3) is 5.91 Å². The molecule has 1 amide bonds. The first-order valence-electron chi connectivity index (χ1n) is 9.13.